The Morgan fingerprint density at radius 1 is 0.971 bits per heavy atom. The summed E-state index contributed by atoms with van der Waals surface area (Å²) in [5.41, 5.74) is 0.318. The van der Waals surface area contributed by atoms with Gasteiger partial charge in [0.1, 0.15) is 6.61 Å². The zero-order chi connectivity index (χ0) is 25.6. The van der Waals surface area contributed by atoms with E-state index in [-0.39, 0.29) is 47.2 Å². The Morgan fingerprint density at radius 2 is 1.63 bits per heavy atom. The highest BCUT2D eigenvalue weighted by Gasteiger charge is 2.27. The van der Waals surface area contributed by atoms with Crippen molar-refractivity contribution in [3.63, 3.8) is 0 Å². The van der Waals surface area contributed by atoms with Crippen LogP contribution in [0, 0.1) is 0 Å². The molecule has 0 unspecified atom stereocenters. The average Bonchev–Trinajstić information content (AvgIpc) is 2.87. The molecule has 0 radical (unpaired) electrons. The molecule has 0 atom stereocenters. The Bertz CT molecular complexity index is 1270. The third-order valence-corrected chi connectivity index (χ3v) is 8.92. The van der Waals surface area contributed by atoms with Crippen molar-refractivity contribution in [3.05, 3.63) is 59.7 Å². The number of hydrogen-bond donors (Lipinski definition) is 1. The lowest BCUT2D eigenvalue weighted by molar-refractivity contribution is 0.0503. The van der Waals surface area contributed by atoms with Crippen LogP contribution in [0.15, 0.2) is 58.3 Å². The van der Waals surface area contributed by atoms with Crippen molar-refractivity contribution in [2.24, 2.45) is 0 Å². The van der Waals surface area contributed by atoms with Crippen LogP contribution in [-0.2, 0) is 29.5 Å². The molecule has 2 aromatic rings. The molecule has 1 saturated heterocycles. The lowest BCUT2D eigenvalue weighted by Crippen LogP contribution is -2.40. The molecule has 1 amide bonds. The molecule has 35 heavy (non-hydrogen) atoms. The minimum absolute atomic E-state index is 0.00188. The first-order chi connectivity index (χ1) is 16.5. The fraction of sp³-hybridized carbons (Fsp3) is 0.364. The molecular formula is C22H27N3O8S2. The zero-order valence-corrected chi connectivity index (χ0v) is 21.0. The van der Waals surface area contributed by atoms with Gasteiger partial charge in [-0.2, -0.15) is 4.31 Å². The van der Waals surface area contributed by atoms with Crippen molar-refractivity contribution in [3.8, 4) is 0 Å². The van der Waals surface area contributed by atoms with Gasteiger partial charge in [0.05, 0.1) is 35.1 Å². The van der Waals surface area contributed by atoms with Gasteiger partial charge in [-0.3, -0.25) is 4.79 Å². The maximum Gasteiger partial charge on any atom is 0.338 e. The van der Waals surface area contributed by atoms with Crippen molar-refractivity contribution in [1.29, 1.82) is 0 Å². The number of nitrogens with zero attached hydrogens (tertiary/aromatic N) is 2. The second kappa shape index (κ2) is 11.3. The summed E-state index contributed by atoms with van der Waals surface area (Å²) in [6, 6.07) is 11.0. The summed E-state index contributed by atoms with van der Waals surface area (Å²) in [5.74, 6) is -1.19. The first-order valence-electron chi connectivity index (χ1n) is 10.7. The van der Waals surface area contributed by atoms with Crippen LogP contribution in [0.1, 0.15) is 20.7 Å². The van der Waals surface area contributed by atoms with E-state index in [1.165, 1.54) is 66.9 Å². The van der Waals surface area contributed by atoms with Gasteiger partial charge in [-0.05, 0) is 42.5 Å². The third-order valence-electron chi connectivity index (χ3n) is 5.19. The highest BCUT2D eigenvalue weighted by atomic mass is 32.2. The lowest BCUT2D eigenvalue weighted by atomic mass is 10.2. The van der Waals surface area contributed by atoms with E-state index in [2.05, 4.69) is 5.32 Å². The van der Waals surface area contributed by atoms with Crippen LogP contribution in [0.25, 0.3) is 0 Å². The van der Waals surface area contributed by atoms with Crippen LogP contribution in [0.4, 0.5) is 0 Å². The second-order valence-corrected chi connectivity index (χ2v) is 11.8. The number of esters is 1. The molecule has 0 saturated carbocycles. The molecule has 0 spiro atoms. The van der Waals surface area contributed by atoms with Crippen LogP contribution in [-0.4, -0.2) is 90.9 Å². The van der Waals surface area contributed by atoms with Crippen LogP contribution < -0.4 is 5.32 Å². The van der Waals surface area contributed by atoms with Gasteiger partial charge in [0.15, 0.2) is 0 Å². The average molecular weight is 526 g/mol. The summed E-state index contributed by atoms with van der Waals surface area (Å²) < 4.78 is 62.4. The lowest BCUT2D eigenvalue weighted by Gasteiger charge is -2.26. The van der Waals surface area contributed by atoms with Crippen molar-refractivity contribution in [2.45, 2.75) is 9.79 Å². The van der Waals surface area contributed by atoms with Gasteiger partial charge < -0.3 is 14.8 Å². The Hall–Kier alpha value is -2.84. The second-order valence-electron chi connectivity index (χ2n) is 7.75. The Labute approximate surface area is 204 Å². The van der Waals surface area contributed by atoms with Crippen LogP contribution in [0.2, 0.25) is 0 Å². The molecule has 0 aromatic heterocycles. The minimum Gasteiger partial charge on any atom is -0.460 e. The van der Waals surface area contributed by atoms with Gasteiger partial charge in [-0.15, -0.1) is 0 Å². The smallest absolute Gasteiger partial charge is 0.338 e. The molecule has 0 bridgehead atoms. The highest BCUT2D eigenvalue weighted by Crippen LogP contribution is 2.18. The number of morpholine rings is 1. The fourth-order valence-corrected chi connectivity index (χ4v) is 5.56. The number of hydrogen-bond acceptors (Lipinski definition) is 8. The maximum absolute atomic E-state index is 12.8. The van der Waals surface area contributed by atoms with Gasteiger partial charge in [0, 0.05) is 32.7 Å². The maximum atomic E-state index is 12.8. The Balaban J connectivity index is 1.53. The molecule has 13 heteroatoms. The summed E-state index contributed by atoms with van der Waals surface area (Å²) in [4.78, 5) is 24.7. The van der Waals surface area contributed by atoms with Crippen LogP contribution >= 0.6 is 0 Å². The van der Waals surface area contributed by atoms with Crippen molar-refractivity contribution >= 4 is 31.9 Å². The SMILES string of the molecule is CN(C)S(=O)(=O)c1ccc(C(=O)OCCNC(=O)c2cccc(S(=O)(=O)N3CCOCC3)c2)cc1. The van der Waals surface area contributed by atoms with E-state index in [4.69, 9.17) is 9.47 Å². The molecule has 1 fully saturated rings. The summed E-state index contributed by atoms with van der Waals surface area (Å²) >= 11 is 0. The number of ether oxygens (including phenoxy) is 2. The Morgan fingerprint density at radius 3 is 2.26 bits per heavy atom. The molecule has 11 nitrogen and oxygen atoms in total. The van der Waals surface area contributed by atoms with E-state index >= 15 is 0 Å². The molecule has 3 rings (SSSR count). The molecule has 2 aromatic carbocycles. The minimum atomic E-state index is -3.74. The molecule has 1 aliphatic rings. The fourth-order valence-electron chi connectivity index (χ4n) is 3.20. The van der Waals surface area contributed by atoms with Crippen LogP contribution in [0.5, 0.6) is 0 Å². The summed E-state index contributed by atoms with van der Waals surface area (Å²) in [6.45, 7) is 0.998. The van der Waals surface area contributed by atoms with E-state index in [1.54, 1.807) is 0 Å². The van der Waals surface area contributed by atoms with E-state index in [1.807, 2.05) is 0 Å². The topological polar surface area (TPSA) is 139 Å². The molecular weight excluding hydrogens is 498 g/mol. The van der Waals surface area contributed by atoms with Gasteiger partial charge in [0.2, 0.25) is 20.0 Å². The first kappa shape index (κ1) is 26.8. The van der Waals surface area contributed by atoms with E-state index < -0.39 is 31.9 Å². The monoisotopic (exact) mass is 525 g/mol. The number of carbonyl (C=O) groups is 2. The highest BCUT2D eigenvalue weighted by molar-refractivity contribution is 7.89. The Kier molecular flexibility index (Phi) is 8.61. The van der Waals surface area contributed by atoms with Gasteiger partial charge >= 0.3 is 5.97 Å². The quantitative estimate of drug-likeness (QED) is 0.370. The number of amides is 1. The number of benzene rings is 2. The predicted octanol–water partition coefficient (Wildman–Crippen LogP) is 0.545. The van der Waals surface area contributed by atoms with Gasteiger partial charge in [-0.1, -0.05) is 6.07 Å². The number of nitrogens with one attached hydrogen (secondary N) is 1. The van der Waals surface area contributed by atoms with Crippen LogP contribution in [0.3, 0.4) is 0 Å². The number of sulfonamides is 2. The molecule has 1 heterocycles. The third kappa shape index (κ3) is 6.44. The predicted molar refractivity (Wildman–Crippen MR) is 126 cm³/mol. The van der Waals surface area contributed by atoms with E-state index in [0.29, 0.717) is 13.2 Å². The molecule has 0 aliphatic carbocycles. The van der Waals surface area contributed by atoms with Crippen molar-refractivity contribution in [2.75, 3.05) is 53.6 Å². The normalized spacial score (nSPS) is 15.1. The zero-order valence-electron chi connectivity index (χ0n) is 19.3. The summed E-state index contributed by atoms with van der Waals surface area (Å²) in [5, 5.41) is 2.58. The first-order valence-corrected chi connectivity index (χ1v) is 13.6. The van der Waals surface area contributed by atoms with E-state index in [9.17, 15) is 26.4 Å². The molecule has 190 valence electrons. The molecule has 1 N–H and O–H groups in total. The standard InChI is InChI=1S/C22H27N3O8S2/c1-24(2)34(28,29)19-8-6-17(7-9-19)22(27)33-13-10-23-21(26)18-4-3-5-20(16-18)35(30,31)25-11-14-32-15-12-25/h3-9,16H,10-15H2,1-2H3,(H,23,26). The van der Waals surface area contributed by atoms with Gasteiger partial charge in [-0.25, -0.2) is 25.9 Å². The largest absolute Gasteiger partial charge is 0.460 e. The molecule has 1 aliphatic heterocycles. The van der Waals surface area contributed by atoms with E-state index in [0.717, 1.165) is 4.31 Å². The van der Waals surface area contributed by atoms with Crippen molar-refractivity contribution in [1.82, 2.24) is 13.9 Å². The van der Waals surface area contributed by atoms with Gasteiger partial charge in [0.25, 0.3) is 5.91 Å². The number of rotatable bonds is 9. The van der Waals surface area contributed by atoms with Crippen molar-refractivity contribution < 1.29 is 35.9 Å². The summed E-state index contributed by atoms with van der Waals surface area (Å²) in [6.07, 6.45) is 0. The number of carbonyl (C=O) groups excluding carboxylic acids is 2. The summed E-state index contributed by atoms with van der Waals surface area (Å²) in [7, 11) is -4.53.